The van der Waals surface area contributed by atoms with Crippen LogP contribution in [0.4, 0.5) is 4.39 Å². The number of thiazole rings is 1. The van der Waals surface area contributed by atoms with E-state index in [9.17, 15) is 17.6 Å². The lowest BCUT2D eigenvalue weighted by Crippen LogP contribution is -2.28. The number of sulfonamides is 1. The van der Waals surface area contributed by atoms with E-state index >= 15 is 0 Å². The topological polar surface area (TPSA) is 101 Å². The molecule has 2 heterocycles. The highest BCUT2D eigenvalue weighted by molar-refractivity contribution is 7.89. The number of pyridine rings is 1. The molecule has 0 aliphatic rings. The minimum atomic E-state index is -3.80. The summed E-state index contributed by atoms with van der Waals surface area (Å²) in [6.07, 6.45) is 3.33. The Morgan fingerprint density at radius 1 is 1.24 bits per heavy atom. The van der Waals surface area contributed by atoms with Gasteiger partial charge in [-0.1, -0.05) is 6.92 Å². The summed E-state index contributed by atoms with van der Waals surface area (Å²) in [5.41, 5.74) is 1.30. The molecule has 0 saturated heterocycles. The third-order valence-corrected chi connectivity index (χ3v) is 6.61. The Labute approximate surface area is 172 Å². The van der Waals surface area contributed by atoms with Gasteiger partial charge in [0.15, 0.2) is 0 Å². The maximum atomic E-state index is 14.2. The number of carbonyl (C=O) groups is 1. The third-order valence-electron chi connectivity index (χ3n) is 4.04. The predicted molar refractivity (Wildman–Crippen MR) is 108 cm³/mol. The smallest absolute Gasteiger partial charge is 0.254 e. The number of halogens is 1. The number of hydrogen-bond acceptors (Lipinski definition) is 6. The molecule has 2 aromatic heterocycles. The molecule has 152 valence electrons. The normalized spacial score (nSPS) is 12.5. The highest BCUT2D eigenvalue weighted by atomic mass is 32.2. The van der Waals surface area contributed by atoms with Gasteiger partial charge in [-0.15, -0.1) is 11.3 Å². The zero-order valence-corrected chi connectivity index (χ0v) is 17.3. The Balaban J connectivity index is 1.79. The maximum absolute atomic E-state index is 14.2. The molecule has 1 atom stereocenters. The van der Waals surface area contributed by atoms with Gasteiger partial charge in [0.05, 0.1) is 22.2 Å². The van der Waals surface area contributed by atoms with Gasteiger partial charge in [0.1, 0.15) is 10.8 Å². The first kappa shape index (κ1) is 21.0. The van der Waals surface area contributed by atoms with Gasteiger partial charge in [-0.3, -0.25) is 9.78 Å². The molecule has 1 aromatic carbocycles. The molecule has 0 fully saturated rings. The Bertz CT molecular complexity index is 1120. The van der Waals surface area contributed by atoms with Crippen LogP contribution in [0.15, 0.2) is 53.0 Å². The molecule has 3 rings (SSSR count). The lowest BCUT2D eigenvalue weighted by molar-refractivity contribution is 0.0935. The van der Waals surface area contributed by atoms with Gasteiger partial charge in [-0.25, -0.2) is 22.5 Å². The van der Waals surface area contributed by atoms with Crippen molar-refractivity contribution in [2.45, 2.75) is 24.8 Å². The van der Waals surface area contributed by atoms with Crippen LogP contribution in [-0.2, 0) is 10.0 Å². The Morgan fingerprint density at radius 2 is 1.97 bits per heavy atom. The summed E-state index contributed by atoms with van der Waals surface area (Å²) in [6.45, 7) is 3.54. The molecule has 7 nitrogen and oxygen atoms in total. The standard InChI is InChI=1S/C19H19FN4O3S2/c1-3-22-29(26,27)14-4-5-16(20)15(10-14)18(25)23-12(2)19-24-17(11-28-19)13-6-8-21-9-7-13/h4-12,22H,3H2,1-2H3,(H,23,25). The molecule has 0 bridgehead atoms. The first-order valence-corrected chi connectivity index (χ1v) is 11.1. The van der Waals surface area contributed by atoms with E-state index < -0.39 is 27.8 Å². The second-order valence-corrected chi connectivity index (χ2v) is 8.80. The third kappa shape index (κ3) is 4.84. The van der Waals surface area contributed by atoms with Gasteiger partial charge in [-0.05, 0) is 37.3 Å². The Hall–Kier alpha value is -2.69. The van der Waals surface area contributed by atoms with Crippen molar-refractivity contribution in [1.29, 1.82) is 0 Å². The number of aromatic nitrogens is 2. The number of hydrogen-bond donors (Lipinski definition) is 2. The highest BCUT2D eigenvalue weighted by Crippen LogP contribution is 2.25. The lowest BCUT2D eigenvalue weighted by Gasteiger charge is -2.13. The molecule has 0 radical (unpaired) electrons. The van der Waals surface area contributed by atoms with E-state index in [2.05, 4.69) is 20.0 Å². The van der Waals surface area contributed by atoms with Crippen LogP contribution in [0.25, 0.3) is 11.3 Å². The van der Waals surface area contributed by atoms with Gasteiger partial charge in [0, 0.05) is 29.9 Å². The zero-order chi connectivity index (χ0) is 21.0. The molecule has 0 spiro atoms. The first-order valence-electron chi connectivity index (χ1n) is 8.77. The SMILES string of the molecule is CCNS(=O)(=O)c1ccc(F)c(C(=O)NC(C)c2nc(-c3ccncc3)cs2)c1. The van der Waals surface area contributed by atoms with Gasteiger partial charge < -0.3 is 5.32 Å². The van der Waals surface area contributed by atoms with E-state index in [0.717, 1.165) is 29.5 Å². The minimum absolute atomic E-state index is 0.173. The van der Waals surface area contributed by atoms with Crippen LogP contribution in [0.5, 0.6) is 0 Å². The van der Waals surface area contributed by atoms with Crippen LogP contribution in [0.3, 0.4) is 0 Å². The van der Waals surface area contributed by atoms with Crippen molar-refractivity contribution in [3.8, 4) is 11.3 Å². The summed E-state index contributed by atoms with van der Waals surface area (Å²) >= 11 is 1.36. The van der Waals surface area contributed by atoms with Crippen molar-refractivity contribution < 1.29 is 17.6 Å². The number of nitrogens with zero attached hydrogens (tertiary/aromatic N) is 2. The molecular weight excluding hydrogens is 415 g/mol. The molecule has 1 unspecified atom stereocenters. The van der Waals surface area contributed by atoms with E-state index in [1.807, 2.05) is 17.5 Å². The van der Waals surface area contributed by atoms with Crippen LogP contribution in [-0.4, -0.2) is 30.8 Å². The zero-order valence-electron chi connectivity index (χ0n) is 15.7. The molecule has 2 N–H and O–H groups in total. The predicted octanol–water partition coefficient (Wildman–Crippen LogP) is 3.13. The molecular formula is C19H19FN4O3S2. The van der Waals surface area contributed by atoms with Crippen LogP contribution >= 0.6 is 11.3 Å². The quantitative estimate of drug-likeness (QED) is 0.595. The fraction of sp³-hybridized carbons (Fsp3) is 0.211. The summed E-state index contributed by atoms with van der Waals surface area (Å²) in [6, 6.07) is 6.28. The van der Waals surface area contributed by atoms with Crippen LogP contribution in [0.1, 0.15) is 35.3 Å². The molecule has 3 aromatic rings. The number of benzene rings is 1. The largest absolute Gasteiger partial charge is 0.343 e. The number of amides is 1. The second-order valence-electron chi connectivity index (χ2n) is 6.15. The van der Waals surface area contributed by atoms with Gasteiger partial charge in [-0.2, -0.15) is 0 Å². The Morgan fingerprint density at radius 3 is 2.66 bits per heavy atom. The fourth-order valence-electron chi connectivity index (χ4n) is 2.60. The van der Waals surface area contributed by atoms with Gasteiger partial charge >= 0.3 is 0 Å². The van der Waals surface area contributed by atoms with Crippen molar-refractivity contribution >= 4 is 27.3 Å². The van der Waals surface area contributed by atoms with E-state index in [1.54, 1.807) is 26.2 Å². The van der Waals surface area contributed by atoms with E-state index in [0.29, 0.717) is 5.01 Å². The average Bonchev–Trinajstić information content (AvgIpc) is 3.19. The lowest BCUT2D eigenvalue weighted by atomic mass is 10.2. The molecule has 0 aliphatic carbocycles. The summed E-state index contributed by atoms with van der Waals surface area (Å²) in [5, 5.41) is 5.17. The van der Waals surface area contributed by atoms with E-state index in [-0.39, 0.29) is 17.0 Å². The second kappa shape index (κ2) is 8.76. The Kier molecular flexibility index (Phi) is 6.36. The van der Waals surface area contributed by atoms with Crippen LogP contribution in [0, 0.1) is 5.82 Å². The molecule has 0 saturated carbocycles. The van der Waals surface area contributed by atoms with Crippen molar-refractivity contribution in [3.05, 3.63) is 64.5 Å². The monoisotopic (exact) mass is 434 g/mol. The van der Waals surface area contributed by atoms with Crippen molar-refractivity contribution in [2.24, 2.45) is 0 Å². The van der Waals surface area contributed by atoms with Crippen molar-refractivity contribution in [1.82, 2.24) is 20.0 Å². The number of carbonyl (C=O) groups excluding carboxylic acids is 1. The number of nitrogens with one attached hydrogen (secondary N) is 2. The van der Waals surface area contributed by atoms with E-state index in [4.69, 9.17) is 0 Å². The number of rotatable bonds is 7. The van der Waals surface area contributed by atoms with Gasteiger partial charge in [0.25, 0.3) is 5.91 Å². The van der Waals surface area contributed by atoms with Crippen molar-refractivity contribution in [3.63, 3.8) is 0 Å². The summed E-state index contributed by atoms with van der Waals surface area (Å²) < 4.78 is 40.7. The van der Waals surface area contributed by atoms with Gasteiger partial charge in [0.2, 0.25) is 10.0 Å². The molecule has 10 heteroatoms. The molecule has 29 heavy (non-hydrogen) atoms. The summed E-state index contributed by atoms with van der Waals surface area (Å²) in [5.74, 6) is -1.52. The van der Waals surface area contributed by atoms with Crippen LogP contribution in [0.2, 0.25) is 0 Å². The average molecular weight is 435 g/mol. The highest BCUT2D eigenvalue weighted by Gasteiger charge is 2.21. The molecule has 1 amide bonds. The summed E-state index contributed by atoms with van der Waals surface area (Å²) in [7, 11) is -3.80. The van der Waals surface area contributed by atoms with Crippen LogP contribution < -0.4 is 10.0 Å². The first-order chi connectivity index (χ1) is 13.8. The van der Waals surface area contributed by atoms with Crippen molar-refractivity contribution in [2.75, 3.05) is 6.54 Å². The summed E-state index contributed by atoms with van der Waals surface area (Å²) in [4.78, 5) is 20.9. The minimum Gasteiger partial charge on any atom is -0.343 e. The molecule has 0 aliphatic heterocycles. The fourth-order valence-corrected chi connectivity index (χ4v) is 4.50. The van der Waals surface area contributed by atoms with E-state index in [1.165, 1.54) is 11.3 Å². The maximum Gasteiger partial charge on any atom is 0.254 e.